The summed E-state index contributed by atoms with van der Waals surface area (Å²) in [5.41, 5.74) is 0. The molecule has 3 N–H and O–H groups in total. The van der Waals surface area contributed by atoms with E-state index in [-0.39, 0.29) is 30.8 Å². The molecule has 0 bridgehead atoms. The quantitative estimate of drug-likeness (QED) is 0.590. The van der Waals surface area contributed by atoms with Gasteiger partial charge in [0.05, 0.1) is 24.5 Å². The van der Waals surface area contributed by atoms with Crippen LogP contribution in [0.1, 0.15) is 19.3 Å². The Morgan fingerprint density at radius 3 is 2.52 bits per heavy atom. The molecule has 0 saturated carbocycles. The van der Waals surface area contributed by atoms with Crippen LogP contribution >= 0.6 is 0 Å². The highest BCUT2D eigenvalue weighted by Gasteiger charge is 2.18. The van der Waals surface area contributed by atoms with Crippen LogP contribution in [-0.2, 0) is 19.6 Å². The van der Waals surface area contributed by atoms with Crippen molar-refractivity contribution in [3.63, 3.8) is 0 Å². The van der Waals surface area contributed by atoms with E-state index in [4.69, 9.17) is 14.6 Å². The van der Waals surface area contributed by atoms with Gasteiger partial charge >= 0.3 is 5.97 Å². The standard InChI is InChI=1S/C15H20N2O7S/c18-14(16-6-5-15(19)20)4-7-17-25(21,22)11-2-3-12-13(10-11)24-9-1-8-23-12/h2-3,10,17H,1,4-9H2,(H,16,18)(H,19,20). The largest absolute Gasteiger partial charge is 0.490 e. The molecule has 25 heavy (non-hydrogen) atoms. The van der Waals surface area contributed by atoms with E-state index in [0.29, 0.717) is 31.1 Å². The Balaban J connectivity index is 1.88. The van der Waals surface area contributed by atoms with Crippen molar-refractivity contribution in [3.8, 4) is 11.5 Å². The number of carbonyl (C=O) groups is 2. The molecule has 1 heterocycles. The highest BCUT2D eigenvalue weighted by atomic mass is 32.2. The van der Waals surface area contributed by atoms with Crippen molar-refractivity contribution in [3.05, 3.63) is 18.2 Å². The van der Waals surface area contributed by atoms with Crippen molar-refractivity contribution in [1.29, 1.82) is 0 Å². The van der Waals surface area contributed by atoms with Gasteiger partial charge in [-0.15, -0.1) is 0 Å². The molecule has 9 nitrogen and oxygen atoms in total. The summed E-state index contributed by atoms with van der Waals surface area (Å²) in [6.45, 7) is 0.855. The third kappa shape index (κ3) is 5.91. The SMILES string of the molecule is O=C(O)CCNC(=O)CCNS(=O)(=O)c1ccc2c(c1)OCCCO2. The maximum Gasteiger partial charge on any atom is 0.305 e. The lowest BCUT2D eigenvalue weighted by atomic mass is 10.3. The van der Waals surface area contributed by atoms with Gasteiger partial charge in [0, 0.05) is 32.0 Å². The molecule has 0 saturated heterocycles. The Morgan fingerprint density at radius 2 is 1.80 bits per heavy atom. The molecule has 0 fully saturated rings. The van der Waals surface area contributed by atoms with Gasteiger partial charge in [-0.05, 0) is 12.1 Å². The number of carbonyl (C=O) groups excluding carboxylic acids is 1. The molecule has 1 amide bonds. The molecule has 138 valence electrons. The lowest BCUT2D eigenvalue weighted by Crippen LogP contribution is -2.31. The molecule has 0 spiro atoms. The van der Waals surface area contributed by atoms with Crippen LogP contribution in [0.15, 0.2) is 23.1 Å². The third-order valence-corrected chi connectivity index (χ3v) is 4.79. The van der Waals surface area contributed by atoms with Crippen molar-refractivity contribution in [2.45, 2.75) is 24.2 Å². The van der Waals surface area contributed by atoms with Gasteiger partial charge in [0.25, 0.3) is 0 Å². The van der Waals surface area contributed by atoms with Gasteiger partial charge in [0.1, 0.15) is 0 Å². The van der Waals surface area contributed by atoms with Crippen LogP contribution in [-0.4, -0.2) is 51.7 Å². The number of rotatable bonds is 8. The van der Waals surface area contributed by atoms with E-state index in [1.165, 1.54) is 18.2 Å². The summed E-state index contributed by atoms with van der Waals surface area (Å²) >= 11 is 0. The Hall–Kier alpha value is -2.33. The fourth-order valence-corrected chi connectivity index (χ4v) is 3.14. The maximum absolute atomic E-state index is 12.3. The highest BCUT2D eigenvalue weighted by Crippen LogP contribution is 2.31. The number of sulfonamides is 1. The van der Waals surface area contributed by atoms with Crippen molar-refractivity contribution in [2.24, 2.45) is 0 Å². The van der Waals surface area contributed by atoms with Gasteiger partial charge < -0.3 is 19.9 Å². The number of hydrogen-bond acceptors (Lipinski definition) is 6. The lowest BCUT2D eigenvalue weighted by Gasteiger charge is -2.11. The van der Waals surface area contributed by atoms with Crippen LogP contribution in [0.2, 0.25) is 0 Å². The average molecular weight is 372 g/mol. The molecular formula is C15H20N2O7S. The monoisotopic (exact) mass is 372 g/mol. The Bertz CT molecular complexity index is 733. The van der Waals surface area contributed by atoms with Crippen LogP contribution in [0.25, 0.3) is 0 Å². The van der Waals surface area contributed by atoms with E-state index in [1.54, 1.807) is 0 Å². The zero-order valence-electron chi connectivity index (χ0n) is 13.5. The minimum absolute atomic E-state index is 0.00305. The van der Waals surface area contributed by atoms with Gasteiger partial charge in [0.2, 0.25) is 15.9 Å². The Labute approximate surface area is 145 Å². The molecule has 10 heteroatoms. The van der Waals surface area contributed by atoms with E-state index < -0.39 is 21.9 Å². The molecule has 2 rings (SSSR count). The predicted molar refractivity (Wildman–Crippen MR) is 87.1 cm³/mol. The molecule has 1 aliphatic rings. The van der Waals surface area contributed by atoms with Crippen molar-refractivity contribution < 1.29 is 32.6 Å². The maximum atomic E-state index is 12.3. The number of ether oxygens (including phenoxy) is 2. The number of amides is 1. The Kier molecular flexibility index (Phi) is 6.59. The van der Waals surface area contributed by atoms with Crippen LogP contribution in [0, 0.1) is 0 Å². The molecule has 0 radical (unpaired) electrons. The number of aliphatic carboxylic acids is 1. The minimum atomic E-state index is -3.79. The fourth-order valence-electron chi connectivity index (χ4n) is 2.09. The first-order valence-corrected chi connectivity index (χ1v) is 9.24. The topological polar surface area (TPSA) is 131 Å². The summed E-state index contributed by atoms with van der Waals surface area (Å²) in [6.07, 6.45) is 0.435. The number of carboxylic acids is 1. The summed E-state index contributed by atoms with van der Waals surface area (Å²) in [4.78, 5) is 21.9. The summed E-state index contributed by atoms with van der Waals surface area (Å²) in [5.74, 6) is -0.584. The smallest absolute Gasteiger partial charge is 0.305 e. The number of nitrogens with one attached hydrogen (secondary N) is 2. The molecule has 0 aromatic heterocycles. The van der Waals surface area contributed by atoms with E-state index in [9.17, 15) is 18.0 Å². The first-order chi connectivity index (χ1) is 11.9. The number of fused-ring (bicyclic) bond motifs is 1. The van der Waals surface area contributed by atoms with E-state index >= 15 is 0 Å². The zero-order valence-corrected chi connectivity index (χ0v) is 14.3. The van der Waals surface area contributed by atoms with Crippen molar-refractivity contribution in [1.82, 2.24) is 10.0 Å². The van der Waals surface area contributed by atoms with Crippen LogP contribution in [0.4, 0.5) is 0 Å². The van der Waals surface area contributed by atoms with Crippen LogP contribution in [0.5, 0.6) is 11.5 Å². The van der Waals surface area contributed by atoms with Gasteiger partial charge in [0.15, 0.2) is 11.5 Å². The summed E-state index contributed by atoms with van der Waals surface area (Å²) in [5, 5.41) is 10.9. The molecule has 0 unspecified atom stereocenters. The molecule has 1 aliphatic heterocycles. The predicted octanol–water partition coefficient (Wildman–Crippen LogP) is 0.107. The number of benzene rings is 1. The van der Waals surface area contributed by atoms with Gasteiger partial charge in [-0.2, -0.15) is 0 Å². The summed E-state index contributed by atoms with van der Waals surface area (Å²) in [7, 11) is -3.79. The number of carboxylic acid groups (broad SMARTS) is 1. The first-order valence-electron chi connectivity index (χ1n) is 7.76. The van der Waals surface area contributed by atoms with Crippen molar-refractivity contribution in [2.75, 3.05) is 26.3 Å². The van der Waals surface area contributed by atoms with Gasteiger partial charge in [-0.25, -0.2) is 13.1 Å². The normalized spacial score (nSPS) is 13.8. The molecule has 0 aliphatic carbocycles. The first kappa shape index (κ1) is 19.0. The van der Waals surface area contributed by atoms with E-state index in [1.807, 2.05) is 0 Å². The second-order valence-electron chi connectivity index (χ2n) is 5.30. The third-order valence-electron chi connectivity index (χ3n) is 3.33. The van der Waals surface area contributed by atoms with Gasteiger partial charge in [-0.1, -0.05) is 0 Å². The fraction of sp³-hybridized carbons (Fsp3) is 0.467. The summed E-state index contributed by atoms with van der Waals surface area (Å²) < 4.78 is 37.8. The van der Waals surface area contributed by atoms with E-state index in [2.05, 4.69) is 10.0 Å². The molecular weight excluding hydrogens is 352 g/mol. The molecule has 1 aromatic rings. The summed E-state index contributed by atoms with van der Waals surface area (Å²) in [6, 6.07) is 4.33. The molecule has 1 aromatic carbocycles. The second-order valence-corrected chi connectivity index (χ2v) is 7.07. The lowest BCUT2D eigenvalue weighted by molar-refractivity contribution is -0.136. The highest BCUT2D eigenvalue weighted by molar-refractivity contribution is 7.89. The average Bonchev–Trinajstić information content (AvgIpc) is 2.78. The second kappa shape index (κ2) is 8.67. The van der Waals surface area contributed by atoms with Crippen LogP contribution in [0.3, 0.4) is 0 Å². The van der Waals surface area contributed by atoms with E-state index in [0.717, 1.165) is 0 Å². The van der Waals surface area contributed by atoms with Crippen molar-refractivity contribution >= 4 is 21.9 Å². The number of hydrogen-bond donors (Lipinski definition) is 3. The molecule has 0 atom stereocenters. The van der Waals surface area contributed by atoms with Crippen LogP contribution < -0.4 is 19.5 Å². The minimum Gasteiger partial charge on any atom is -0.490 e. The van der Waals surface area contributed by atoms with Gasteiger partial charge in [-0.3, -0.25) is 9.59 Å². The zero-order chi connectivity index (χ0) is 18.3. The Morgan fingerprint density at radius 1 is 1.08 bits per heavy atom.